The van der Waals surface area contributed by atoms with Crippen molar-refractivity contribution in [2.75, 3.05) is 17.4 Å². The summed E-state index contributed by atoms with van der Waals surface area (Å²) < 4.78 is 28.9. The SMILES string of the molecule is CCNC(=O)[C@@H](CC)N(Cc1ccc(Cl)cc1)C(=O)CN(c1ccccc1CC)S(=O)(=O)c1ccccc1. The first-order chi connectivity index (χ1) is 18.2. The molecule has 3 aromatic rings. The molecule has 0 aromatic heterocycles. The highest BCUT2D eigenvalue weighted by atomic mass is 35.5. The van der Waals surface area contributed by atoms with E-state index in [1.165, 1.54) is 17.0 Å². The molecule has 3 rings (SSSR count). The molecular formula is C29H34ClN3O4S. The van der Waals surface area contributed by atoms with Crippen LogP contribution in [-0.4, -0.2) is 44.3 Å². The van der Waals surface area contributed by atoms with Crippen LogP contribution in [0.3, 0.4) is 0 Å². The maximum absolute atomic E-state index is 14.0. The van der Waals surface area contributed by atoms with Gasteiger partial charge in [-0.1, -0.05) is 74.0 Å². The first-order valence-corrected chi connectivity index (χ1v) is 14.5. The van der Waals surface area contributed by atoms with Crippen molar-refractivity contribution in [2.45, 2.75) is 51.1 Å². The molecule has 0 aliphatic carbocycles. The zero-order valence-electron chi connectivity index (χ0n) is 21.9. The molecule has 0 aliphatic rings. The lowest BCUT2D eigenvalue weighted by Gasteiger charge is -2.33. The zero-order chi connectivity index (χ0) is 27.7. The van der Waals surface area contributed by atoms with Crippen molar-refractivity contribution < 1.29 is 18.0 Å². The van der Waals surface area contributed by atoms with Gasteiger partial charge in [-0.05, 0) is 61.2 Å². The van der Waals surface area contributed by atoms with E-state index in [2.05, 4.69) is 5.32 Å². The molecule has 0 radical (unpaired) electrons. The normalized spacial score (nSPS) is 12.0. The number of likely N-dealkylation sites (N-methyl/N-ethyl adjacent to an activating group) is 1. The number of hydrogen-bond donors (Lipinski definition) is 1. The van der Waals surface area contributed by atoms with Gasteiger partial charge in [0.25, 0.3) is 10.0 Å². The lowest BCUT2D eigenvalue weighted by molar-refractivity contribution is -0.140. The largest absolute Gasteiger partial charge is 0.355 e. The van der Waals surface area contributed by atoms with Crippen LogP contribution in [0.2, 0.25) is 5.02 Å². The first-order valence-electron chi connectivity index (χ1n) is 12.7. The molecule has 3 aromatic carbocycles. The molecular weight excluding hydrogens is 522 g/mol. The van der Waals surface area contributed by atoms with E-state index in [0.29, 0.717) is 30.1 Å². The van der Waals surface area contributed by atoms with E-state index < -0.39 is 28.5 Å². The monoisotopic (exact) mass is 555 g/mol. The van der Waals surface area contributed by atoms with Gasteiger partial charge in [-0.3, -0.25) is 13.9 Å². The molecule has 1 atom stereocenters. The number of halogens is 1. The van der Waals surface area contributed by atoms with Gasteiger partial charge in [-0.15, -0.1) is 0 Å². The summed E-state index contributed by atoms with van der Waals surface area (Å²) in [5, 5.41) is 3.35. The molecule has 1 N–H and O–H groups in total. The van der Waals surface area contributed by atoms with Crippen LogP contribution < -0.4 is 9.62 Å². The number of benzene rings is 3. The number of aryl methyl sites for hydroxylation is 1. The molecule has 0 saturated heterocycles. The highest BCUT2D eigenvalue weighted by Gasteiger charge is 2.34. The van der Waals surface area contributed by atoms with E-state index in [-0.39, 0.29) is 17.3 Å². The Balaban J connectivity index is 2.08. The molecule has 9 heteroatoms. The molecule has 38 heavy (non-hydrogen) atoms. The summed E-state index contributed by atoms with van der Waals surface area (Å²) in [5.74, 6) is -0.771. The molecule has 0 bridgehead atoms. The van der Waals surface area contributed by atoms with Crippen LogP contribution in [0.25, 0.3) is 0 Å². The molecule has 0 fully saturated rings. The second kappa shape index (κ2) is 13.4. The van der Waals surface area contributed by atoms with E-state index >= 15 is 0 Å². The number of sulfonamides is 1. The number of carbonyl (C=O) groups excluding carboxylic acids is 2. The van der Waals surface area contributed by atoms with Crippen LogP contribution >= 0.6 is 11.6 Å². The summed E-state index contributed by atoms with van der Waals surface area (Å²) in [6.45, 7) is 5.65. The highest BCUT2D eigenvalue weighted by molar-refractivity contribution is 7.92. The lowest BCUT2D eigenvalue weighted by Crippen LogP contribution is -2.52. The number of nitrogens with one attached hydrogen (secondary N) is 1. The minimum Gasteiger partial charge on any atom is -0.355 e. The van der Waals surface area contributed by atoms with Crippen LogP contribution in [0.1, 0.15) is 38.3 Å². The summed E-state index contributed by atoms with van der Waals surface area (Å²) in [6.07, 6.45) is 0.943. The predicted molar refractivity (Wildman–Crippen MR) is 152 cm³/mol. The van der Waals surface area contributed by atoms with Crippen LogP contribution in [0.5, 0.6) is 0 Å². The Morgan fingerprint density at radius 2 is 1.53 bits per heavy atom. The van der Waals surface area contributed by atoms with Crippen molar-refractivity contribution in [3.63, 3.8) is 0 Å². The first kappa shape index (κ1) is 29.2. The van der Waals surface area contributed by atoms with Crippen molar-refractivity contribution >= 4 is 39.1 Å². The molecule has 0 spiro atoms. The molecule has 0 saturated carbocycles. The topological polar surface area (TPSA) is 86.8 Å². The minimum atomic E-state index is -4.09. The van der Waals surface area contributed by atoms with Gasteiger partial charge >= 0.3 is 0 Å². The molecule has 2 amide bonds. The fourth-order valence-electron chi connectivity index (χ4n) is 4.28. The Bertz CT molecular complexity index is 1330. The zero-order valence-corrected chi connectivity index (χ0v) is 23.5. The number of para-hydroxylation sites is 1. The highest BCUT2D eigenvalue weighted by Crippen LogP contribution is 2.28. The van der Waals surface area contributed by atoms with Crippen molar-refractivity contribution in [1.29, 1.82) is 0 Å². The van der Waals surface area contributed by atoms with E-state index in [1.54, 1.807) is 54.6 Å². The number of anilines is 1. The van der Waals surface area contributed by atoms with Crippen molar-refractivity contribution in [3.05, 3.63) is 95.0 Å². The fraction of sp³-hybridized carbons (Fsp3) is 0.310. The van der Waals surface area contributed by atoms with E-state index in [4.69, 9.17) is 11.6 Å². The maximum Gasteiger partial charge on any atom is 0.264 e. The summed E-state index contributed by atoms with van der Waals surface area (Å²) in [7, 11) is -4.09. The van der Waals surface area contributed by atoms with Crippen LogP contribution in [0, 0.1) is 0 Å². The van der Waals surface area contributed by atoms with E-state index in [1.807, 2.05) is 32.9 Å². The standard InChI is InChI=1S/C29H34ClN3O4S/c1-4-23-12-10-11-15-27(23)33(38(36,37)25-13-8-7-9-14-25)21-28(34)32(26(5-2)29(35)31-6-3)20-22-16-18-24(30)19-17-22/h7-19,26H,4-6,20-21H2,1-3H3,(H,31,35)/t26-/m1/s1. The van der Waals surface area contributed by atoms with Gasteiger partial charge in [0.05, 0.1) is 10.6 Å². The van der Waals surface area contributed by atoms with Crippen LogP contribution in [0.4, 0.5) is 5.69 Å². The summed E-state index contributed by atoms with van der Waals surface area (Å²) in [6, 6.07) is 21.4. The number of carbonyl (C=O) groups is 2. The van der Waals surface area contributed by atoms with Gasteiger partial charge in [0.15, 0.2) is 0 Å². The van der Waals surface area contributed by atoms with Gasteiger partial charge < -0.3 is 10.2 Å². The smallest absolute Gasteiger partial charge is 0.264 e. The number of rotatable bonds is 12. The quantitative estimate of drug-likeness (QED) is 0.339. The third kappa shape index (κ3) is 6.94. The van der Waals surface area contributed by atoms with E-state index in [0.717, 1.165) is 15.4 Å². The average molecular weight is 556 g/mol. The number of nitrogens with zero attached hydrogens (tertiary/aromatic N) is 2. The Kier molecular flexibility index (Phi) is 10.3. The van der Waals surface area contributed by atoms with Gasteiger partial charge in [-0.25, -0.2) is 8.42 Å². The Morgan fingerprint density at radius 3 is 2.13 bits per heavy atom. The second-order valence-electron chi connectivity index (χ2n) is 8.77. The fourth-order valence-corrected chi connectivity index (χ4v) is 5.88. The molecule has 0 aliphatic heterocycles. The van der Waals surface area contributed by atoms with Crippen molar-refractivity contribution in [3.8, 4) is 0 Å². The second-order valence-corrected chi connectivity index (χ2v) is 11.1. The summed E-state index contributed by atoms with van der Waals surface area (Å²) >= 11 is 6.05. The van der Waals surface area contributed by atoms with Crippen LogP contribution in [-0.2, 0) is 32.6 Å². The number of hydrogen-bond acceptors (Lipinski definition) is 4. The van der Waals surface area contributed by atoms with Gasteiger partial charge in [0.2, 0.25) is 11.8 Å². The Morgan fingerprint density at radius 1 is 0.895 bits per heavy atom. The Hall–Kier alpha value is -3.36. The summed E-state index contributed by atoms with van der Waals surface area (Å²) in [4.78, 5) is 28.5. The number of amides is 2. The maximum atomic E-state index is 14.0. The van der Waals surface area contributed by atoms with Crippen molar-refractivity contribution in [1.82, 2.24) is 10.2 Å². The summed E-state index contributed by atoms with van der Waals surface area (Å²) in [5.41, 5.74) is 2.00. The van der Waals surface area contributed by atoms with Crippen LogP contribution in [0.15, 0.2) is 83.8 Å². The molecule has 202 valence electrons. The molecule has 0 unspecified atom stereocenters. The predicted octanol–water partition coefficient (Wildman–Crippen LogP) is 5.04. The van der Waals surface area contributed by atoms with Gasteiger partial charge in [-0.2, -0.15) is 0 Å². The molecule has 7 nitrogen and oxygen atoms in total. The Labute approximate surface area is 230 Å². The van der Waals surface area contributed by atoms with Gasteiger partial charge in [0, 0.05) is 18.1 Å². The van der Waals surface area contributed by atoms with Crippen molar-refractivity contribution in [2.24, 2.45) is 0 Å². The third-order valence-electron chi connectivity index (χ3n) is 6.25. The average Bonchev–Trinajstić information content (AvgIpc) is 2.93. The van der Waals surface area contributed by atoms with Gasteiger partial charge in [0.1, 0.15) is 12.6 Å². The lowest BCUT2D eigenvalue weighted by atomic mass is 10.1. The molecule has 0 heterocycles. The minimum absolute atomic E-state index is 0.0822. The van der Waals surface area contributed by atoms with E-state index in [9.17, 15) is 18.0 Å². The third-order valence-corrected chi connectivity index (χ3v) is 8.28.